The number of nitrogens with two attached hydrogens (primary N) is 1. The zero-order chi connectivity index (χ0) is 36.2. The van der Waals surface area contributed by atoms with E-state index in [-0.39, 0.29) is 36.7 Å². The molecule has 0 bridgehead atoms. The Morgan fingerprint density at radius 3 is 2.15 bits per heavy atom. The summed E-state index contributed by atoms with van der Waals surface area (Å²) in [5.74, 6) is -3.60. The number of carboxylic acids is 1. The van der Waals surface area contributed by atoms with E-state index in [9.17, 15) is 32.7 Å². The number of unbranched alkanes of at least 4 members (excludes halogenated alkanes) is 4. The number of hydrogen-bond acceptors (Lipinski definition) is 8. The Hall–Kier alpha value is -3.56. The predicted octanol–water partition coefficient (Wildman–Crippen LogP) is 4.72. The highest BCUT2D eigenvalue weighted by atomic mass is 32.1. The van der Waals surface area contributed by atoms with Gasteiger partial charge in [-0.3, -0.25) is 14.4 Å². The first-order chi connectivity index (χ1) is 22.4. The van der Waals surface area contributed by atoms with Crippen molar-refractivity contribution >= 4 is 35.0 Å². The van der Waals surface area contributed by atoms with Gasteiger partial charge in [-0.25, -0.2) is 9.78 Å². The number of aliphatic carboxylic acids is 1. The van der Waals surface area contributed by atoms with Gasteiger partial charge in [-0.05, 0) is 49.8 Å². The first kappa shape index (κ1) is 40.6. The second-order valence-electron chi connectivity index (χ2n) is 13.0. The SMILES string of the molecule is Cc1ncsc1-c1ccc(C(C)NC(=O)C2CC(O)CN2C(=O)C(NC(=O)CCCCCCCN)C(C)(C)C)cc1.O=C(O)C(F)(F)F. The number of likely N-dealkylation sites (tertiary alicyclic amines) is 1. The lowest BCUT2D eigenvalue weighted by molar-refractivity contribution is -0.192. The number of nitrogens with one attached hydrogen (secondary N) is 2. The number of aliphatic hydroxyl groups excluding tert-OH is 1. The van der Waals surface area contributed by atoms with Crippen molar-refractivity contribution < 1.29 is 42.6 Å². The van der Waals surface area contributed by atoms with E-state index in [0.29, 0.717) is 13.0 Å². The Kier molecular flexibility index (Phi) is 15.5. The van der Waals surface area contributed by atoms with Crippen molar-refractivity contribution in [3.8, 4) is 10.4 Å². The highest BCUT2D eigenvalue weighted by molar-refractivity contribution is 7.13. The standard InChI is InChI=1S/C31H47N5O4S.C2HF3O2/c1-20(22-12-14-23(15-13-22)27-21(2)33-19-41-27)34-29(39)25-17-24(37)18-36(25)30(40)28(31(3,4)5)35-26(38)11-9-7-6-8-10-16-32;3-2(4,5)1(6)7/h12-15,19-20,24-25,28,37H,6-11,16-18,32H2,1-5H3,(H,34,39)(H,35,38);(H,6,7). The third-order valence-electron chi connectivity index (χ3n) is 7.91. The van der Waals surface area contributed by atoms with E-state index in [1.165, 1.54) is 4.90 Å². The molecule has 0 radical (unpaired) electrons. The van der Waals surface area contributed by atoms with E-state index in [1.54, 1.807) is 11.3 Å². The largest absolute Gasteiger partial charge is 0.490 e. The topological polar surface area (TPSA) is 175 Å². The zero-order valence-electron chi connectivity index (χ0n) is 28.1. The van der Waals surface area contributed by atoms with Gasteiger partial charge in [0.15, 0.2) is 0 Å². The van der Waals surface area contributed by atoms with Gasteiger partial charge in [0.05, 0.1) is 28.2 Å². The van der Waals surface area contributed by atoms with Crippen LogP contribution in [0.5, 0.6) is 0 Å². The van der Waals surface area contributed by atoms with Gasteiger partial charge in [-0.1, -0.05) is 64.3 Å². The molecule has 6 N–H and O–H groups in total. The van der Waals surface area contributed by atoms with E-state index in [1.807, 2.05) is 64.4 Å². The number of benzene rings is 1. The number of rotatable bonds is 13. The minimum atomic E-state index is -5.08. The number of carbonyl (C=O) groups excluding carboxylic acids is 3. The number of aliphatic hydroxyl groups is 1. The average molecular weight is 700 g/mol. The first-order valence-electron chi connectivity index (χ1n) is 16.0. The summed E-state index contributed by atoms with van der Waals surface area (Å²) < 4.78 is 31.7. The number of nitrogens with zero attached hydrogens (tertiary/aromatic N) is 2. The fourth-order valence-corrected chi connectivity index (χ4v) is 6.02. The van der Waals surface area contributed by atoms with Crippen LogP contribution in [0, 0.1) is 12.3 Å². The lowest BCUT2D eigenvalue weighted by Gasteiger charge is -2.35. The maximum Gasteiger partial charge on any atom is 0.490 e. The van der Waals surface area contributed by atoms with Crippen LogP contribution < -0.4 is 16.4 Å². The van der Waals surface area contributed by atoms with Crippen LogP contribution in [0.25, 0.3) is 10.4 Å². The summed E-state index contributed by atoms with van der Waals surface area (Å²) >= 11 is 1.59. The second-order valence-corrected chi connectivity index (χ2v) is 13.8. The van der Waals surface area contributed by atoms with Gasteiger partial charge in [-0.2, -0.15) is 13.2 Å². The van der Waals surface area contributed by atoms with Gasteiger partial charge >= 0.3 is 12.1 Å². The maximum atomic E-state index is 13.8. The molecule has 2 heterocycles. The molecular weight excluding hydrogens is 651 g/mol. The molecule has 1 saturated heterocycles. The summed E-state index contributed by atoms with van der Waals surface area (Å²) in [5.41, 5.74) is 9.78. The van der Waals surface area contributed by atoms with E-state index >= 15 is 0 Å². The Morgan fingerprint density at radius 1 is 1.04 bits per heavy atom. The molecule has 1 aliphatic rings. The Balaban J connectivity index is 0.00000103. The molecule has 3 rings (SSSR count). The molecule has 0 spiro atoms. The normalized spacial score (nSPS) is 17.6. The van der Waals surface area contributed by atoms with Crippen LogP contribution in [0.2, 0.25) is 0 Å². The molecule has 4 atom stereocenters. The molecule has 3 amide bonds. The molecule has 0 saturated carbocycles. The van der Waals surface area contributed by atoms with Crippen molar-refractivity contribution in [3.05, 3.63) is 41.0 Å². The lowest BCUT2D eigenvalue weighted by Crippen LogP contribution is -2.57. The van der Waals surface area contributed by atoms with Crippen molar-refractivity contribution in [2.75, 3.05) is 13.1 Å². The van der Waals surface area contributed by atoms with Crippen molar-refractivity contribution in [1.82, 2.24) is 20.5 Å². The minimum absolute atomic E-state index is 0.0534. The van der Waals surface area contributed by atoms with E-state index in [2.05, 4.69) is 15.6 Å². The van der Waals surface area contributed by atoms with Crippen molar-refractivity contribution in [3.63, 3.8) is 0 Å². The second kappa shape index (κ2) is 18.3. The zero-order valence-corrected chi connectivity index (χ0v) is 28.9. The molecule has 1 fully saturated rings. The van der Waals surface area contributed by atoms with Gasteiger partial charge in [0.25, 0.3) is 0 Å². The molecule has 48 heavy (non-hydrogen) atoms. The number of thiazole rings is 1. The number of β-amino-alcohol motifs (C(OH)–C–C–N with tert-alkyl or cyclic N) is 1. The Bertz CT molecular complexity index is 1360. The van der Waals surface area contributed by atoms with Crippen LogP contribution in [0.4, 0.5) is 13.2 Å². The summed E-state index contributed by atoms with van der Waals surface area (Å²) in [6.07, 6.45) is -0.638. The van der Waals surface area contributed by atoms with Gasteiger partial charge in [0, 0.05) is 19.4 Å². The Labute approximate surface area is 283 Å². The van der Waals surface area contributed by atoms with Crippen molar-refractivity contribution in [2.45, 2.75) is 110 Å². The highest BCUT2D eigenvalue weighted by Gasteiger charge is 2.44. The van der Waals surface area contributed by atoms with Gasteiger partial charge in [0.1, 0.15) is 12.1 Å². The molecule has 4 unspecified atom stereocenters. The smallest absolute Gasteiger partial charge is 0.475 e. The summed E-state index contributed by atoms with van der Waals surface area (Å²) in [6, 6.07) is 6.08. The Morgan fingerprint density at radius 2 is 1.62 bits per heavy atom. The lowest BCUT2D eigenvalue weighted by atomic mass is 9.85. The number of alkyl halides is 3. The van der Waals surface area contributed by atoms with Gasteiger partial charge in [-0.15, -0.1) is 11.3 Å². The van der Waals surface area contributed by atoms with Crippen LogP contribution in [0.15, 0.2) is 29.8 Å². The number of aromatic nitrogens is 1. The minimum Gasteiger partial charge on any atom is -0.475 e. The van der Waals surface area contributed by atoms with Crippen LogP contribution in [-0.4, -0.2) is 81.2 Å². The molecule has 1 aromatic carbocycles. The quantitative estimate of drug-likeness (QED) is 0.187. The van der Waals surface area contributed by atoms with Gasteiger partial charge < -0.3 is 31.5 Å². The van der Waals surface area contributed by atoms with Gasteiger partial charge in [0.2, 0.25) is 17.7 Å². The molecule has 1 aromatic heterocycles. The summed E-state index contributed by atoms with van der Waals surface area (Å²) in [4.78, 5) is 55.7. The summed E-state index contributed by atoms with van der Waals surface area (Å²) in [7, 11) is 0. The number of hydrogen-bond donors (Lipinski definition) is 5. The summed E-state index contributed by atoms with van der Waals surface area (Å²) in [6.45, 7) is 10.3. The third kappa shape index (κ3) is 12.5. The molecule has 15 heteroatoms. The fourth-order valence-electron chi connectivity index (χ4n) is 5.21. The molecule has 0 aliphatic carbocycles. The summed E-state index contributed by atoms with van der Waals surface area (Å²) in [5, 5.41) is 23.5. The highest BCUT2D eigenvalue weighted by Crippen LogP contribution is 2.29. The van der Waals surface area contributed by atoms with Crippen molar-refractivity contribution in [1.29, 1.82) is 0 Å². The molecular formula is C33H48F3N5O6S. The molecule has 2 aromatic rings. The number of aryl methyl sites for hydroxylation is 1. The third-order valence-corrected chi connectivity index (χ3v) is 8.89. The van der Waals surface area contributed by atoms with Crippen LogP contribution >= 0.6 is 11.3 Å². The number of halogens is 3. The fraction of sp³-hybridized carbons (Fsp3) is 0.606. The first-order valence-corrected chi connectivity index (χ1v) is 16.8. The van der Waals surface area contributed by atoms with Crippen molar-refractivity contribution in [2.24, 2.45) is 11.1 Å². The number of carboxylic acid groups (broad SMARTS) is 1. The number of carbonyl (C=O) groups is 4. The van der Waals surface area contributed by atoms with E-state index in [0.717, 1.165) is 53.8 Å². The van der Waals surface area contributed by atoms with E-state index < -0.39 is 35.7 Å². The molecule has 268 valence electrons. The van der Waals surface area contributed by atoms with Crippen LogP contribution in [-0.2, 0) is 19.2 Å². The molecule has 1 aliphatic heterocycles. The average Bonchev–Trinajstić information content (AvgIpc) is 3.62. The predicted molar refractivity (Wildman–Crippen MR) is 177 cm³/mol. The maximum absolute atomic E-state index is 13.8. The van der Waals surface area contributed by atoms with Crippen LogP contribution in [0.1, 0.15) is 89.9 Å². The van der Waals surface area contributed by atoms with Crippen LogP contribution in [0.3, 0.4) is 0 Å². The monoisotopic (exact) mass is 699 g/mol. The van der Waals surface area contributed by atoms with E-state index in [4.69, 9.17) is 15.6 Å². The molecule has 11 nitrogen and oxygen atoms in total. The number of amides is 3.